The maximum absolute atomic E-state index is 3.66. The smallest absolute Gasteiger partial charge is 0.0377 e. The second-order valence-corrected chi connectivity index (χ2v) is 5.85. The number of rotatable bonds is 3. The van der Waals surface area contributed by atoms with Crippen LogP contribution in [0.4, 0.5) is 5.69 Å². The molecular weight excluding hydrogens is 276 g/mol. The standard InChI is InChI=1S/C14H21BrN2/c1-11-4-3-7-17(10-11)13-6-5-12(9-16-2)14(15)8-13/h5-6,8,11,16H,3-4,7,9-10H2,1-2H3. The van der Waals surface area contributed by atoms with Gasteiger partial charge in [0.2, 0.25) is 0 Å². The molecule has 0 aliphatic carbocycles. The minimum absolute atomic E-state index is 0.819. The van der Waals surface area contributed by atoms with Crippen molar-refractivity contribution < 1.29 is 0 Å². The summed E-state index contributed by atoms with van der Waals surface area (Å²) in [7, 11) is 1.98. The van der Waals surface area contributed by atoms with Crippen LogP contribution in [-0.4, -0.2) is 20.1 Å². The highest BCUT2D eigenvalue weighted by Gasteiger charge is 2.17. The first-order chi connectivity index (χ1) is 8.20. The van der Waals surface area contributed by atoms with Crippen LogP contribution >= 0.6 is 15.9 Å². The predicted molar refractivity (Wildman–Crippen MR) is 77.5 cm³/mol. The van der Waals surface area contributed by atoms with Gasteiger partial charge in [-0.3, -0.25) is 0 Å². The van der Waals surface area contributed by atoms with E-state index in [1.54, 1.807) is 0 Å². The zero-order chi connectivity index (χ0) is 12.3. The van der Waals surface area contributed by atoms with E-state index in [4.69, 9.17) is 0 Å². The van der Waals surface area contributed by atoms with E-state index in [-0.39, 0.29) is 0 Å². The Morgan fingerprint density at radius 1 is 1.47 bits per heavy atom. The van der Waals surface area contributed by atoms with Crippen LogP contribution in [0, 0.1) is 5.92 Å². The normalized spacial score (nSPS) is 20.6. The Morgan fingerprint density at radius 2 is 2.29 bits per heavy atom. The Labute approximate surface area is 113 Å². The van der Waals surface area contributed by atoms with Crippen molar-refractivity contribution in [3.05, 3.63) is 28.2 Å². The summed E-state index contributed by atoms with van der Waals surface area (Å²) in [6.45, 7) is 5.65. The second kappa shape index (κ2) is 5.87. The number of halogens is 1. The molecule has 3 heteroatoms. The number of hydrogen-bond acceptors (Lipinski definition) is 2. The van der Waals surface area contributed by atoms with Crippen LogP contribution in [0.1, 0.15) is 25.3 Å². The van der Waals surface area contributed by atoms with E-state index in [0.29, 0.717) is 0 Å². The largest absolute Gasteiger partial charge is 0.371 e. The number of benzene rings is 1. The molecule has 1 fully saturated rings. The highest BCUT2D eigenvalue weighted by Crippen LogP contribution is 2.27. The lowest BCUT2D eigenvalue weighted by molar-refractivity contribution is 0.447. The van der Waals surface area contributed by atoms with Crippen molar-refractivity contribution in [1.82, 2.24) is 5.32 Å². The van der Waals surface area contributed by atoms with E-state index in [2.05, 4.69) is 51.3 Å². The molecule has 1 N–H and O–H groups in total. The minimum Gasteiger partial charge on any atom is -0.371 e. The molecule has 1 aliphatic rings. The van der Waals surface area contributed by atoms with Gasteiger partial charge < -0.3 is 10.2 Å². The first-order valence-electron chi connectivity index (χ1n) is 6.38. The van der Waals surface area contributed by atoms with Crippen LogP contribution in [0.25, 0.3) is 0 Å². The lowest BCUT2D eigenvalue weighted by atomic mass is 9.99. The number of nitrogens with zero attached hydrogens (tertiary/aromatic N) is 1. The third kappa shape index (κ3) is 3.23. The van der Waals surface area contributed by atoms with E-state index < -0.39 is 0 Å². The zero-order valence-electron chi connectivity index (χ0n) is 10.7. The van der Waals surface area contributed by atoms with E-state index in [1.165, 1.54) is 41.7 Å². The molecule has 0 spiro atoms. The lowest BCUT2D eigenvalue weighted by Crippen LogP contribution is -2.34. The molecule has 0 aromatic heterocycles. The molecule has 0 amide bonds. The fraction of sp³-hybridized carbons (Fsp3) is 0.571. The summed E-state index contributed by atoms with van der Waals surface area (Å²) >= 11 is 3.66. The van der Waals surface area contributed by atoms with Gasteiger partial charge in [-0.05, 0) is 43.5 Å². The fourth-order valence-electron chi connectivity index (χ4n) is 2.49. The van der Waals surface area contributed by atoms with Crippen LogP contribution in [0.15, 0.2) is 22.7 Å². The highest BCUT2D eigenvalue weighted by molar-refractivity contribution is 9.10. The summed E-state index contributed by atoms with van der Waals surface area (Å²) in [5, 5.41) is 3.19. The van der Waals surface area contributed by atoms with Crippen molar-refractivity contribution >= 4 is 21.6 Å². The molecule has 1 atom stereocenters. The van der Waals surface area contributed by atoms with Gasteiger partial charge in [-0.1, -0.05) is 28.9 Å². The summed E-state index contributed by atoms with van der Waals surface area (Å²) < 4.78 is 1.21. The minimum atomic E-state index is 0.819. The van der Waals surface area contributed by atoms with E-state index in [0.717, 1.165) is 12.5 Å². The third-order valence-electron chi connectivity index (χ3n) is 3.43. The maximum Gasteiger partial charge on any atom is 0.0377 e. The predicted octanol–water partition coefficient (Wildman–Crippen LogP) is 3.40. The monoisotopic (exact) mass is 296 g/mol. The molecule has 0 saturated carbocycles. The highest BCUT2D eigenvalue weighted by atomic mass is 79.9. The molecule has 2 rings (SSSR count). The Bertz CT molecular complexity index is 378. The molecule has 1 aromatic rings. The molecular formula is C14H21BrN2. The molecule has 0 radical (unpaired) electrons. The van der Waals surface area contributed by atoms with E-state index >= 15 is 0 Å². The van der Waals surface area contributed by atoms with E-state index in [1.807, 2.05) is 7.05 Å². The summed E-state index contributed by atoms with van der Waals surface area (Å²) in [5.41, 5.74) is 2.67. The summed E-state index contributed by atoms with van der Waals surface area (Å²) in [6.07, 6.45) is 2.69. The lowest BCUT2D eigenvalue weighted by Gasteiger charge is -2.33. The van der Waals surface area contributed by atoms with Gasteiger partial charge in [-0.15, -0.1) is 0 Å². The van der Waals surface area contributed by atoms with Crippen LogP contribution < -0.4 is 10.2 Å². The number of anilines is 1. The SMILES string of the molecule is CNCc1ccc(N2CCCC(C)C2)cc1Br. The first-order valence-corrected chi connectivity index (χ1v) is 7.18. The van der Waals surface area contributed by atoms with Gasteiger partial charge in [0.1, 0.15) is 0 Å². The third-order valence-corrected chi connectivity index (χ3v) is 4.16. The molecule has 1 aliphatic heterocycles. The Hall–Kier alpha value is -0.540. The van der Waals surface area contributed by atoms with Crippen molar-refractivity contribution in [3.63, 3.8) is 0 Å². The molecule has 94 valence electrons. The zero-order valence-corrected chi connectivity index (χ0v) is 12.3. The maximum atomic E-state index is 3.66. The first kappa shape index (κ1) is 12.9. The summed E-state index contributed by atoms with van der Waals surface area (Å²) in [5.74, 6) is 0.819. The van der Waals surface area contributed by atoms with Gasteiger partial charge in [0.05, 0.1) is 0 Å². The molecule has 0 bridgehead atoms. The van der Waals surface area contributed by atoms with Crippen LogP contribution in [0.2, 0.25) is 0 Å². The quantitative estimate of drug-likeness (QED) is 0.920. The van der Waals surface area contributed by atoms with Crippen LogP contribution in [0.3, 0.4) is 0 Å². The average molecular weight is 297 g/mol. The van der Waals surface area contributed by atoms with Gasteiger partial charge in [-0.25, -0.2) is 0 Å². The molecule has 1 heterocycles. The van der Waals surface area contributed by atoms with Gasteiger partial charge in [0.15, 0.2) is 0 Å². The molecule has 2 nitrogen and oxygen atoms in total. The topological polar surface area (TPSA) is 15.3 Å². The van der Waals surface area contributed by atoms with Crippen molar-refractivity contribution in [2.45, 2.75) is 26.3 Å². The van der Waals surface area contributed by atoms with Crippen LogP contribution in [0.5, 0.6) is 0 Å². The summed E-state index contributed by atoms with van der Waals surface area (Å²) in [6, 6.07) is 6.72. The van der Waals surface area contributed by atoms with Crippen molar-refractivity contribution in [2.24, 2.45) is 5.92 Å². The van der Waals surface area contributed by atoms with Crippen molar-refractivity contribution in [1.29, 1.82) is 0 Å². The molecule has 1 saturated heterocycles. The number of hydrogen-bond donors (Lipinski definition) is 1. The molecule has 17 heavy (non-hydrogen) atoms. The molecule has 1 unspecified atom stereocenters. The number of piperidine rings is 1. The molecule has 1 aromatic carbocycles. The van der Waals surface area contributed by atoms with Crippen molar-refractivity contribution in [2.75, 3.05) is 25.0 Å². The van der Waals surface area contributed by atoms with Crippen molar-refractivity contribution in [3.8, 4) is 0 Å². The van der Waals surface area contributed by atoms with Gasteiger partial charge in [-0.2, -0.15) is 0 Å². The van der Waals surface area contributed by atoms with Crippen LogP contribution in [-0.2, 0) is 6.54 Å². The Balaban J connectivity index is 2.13. The second-order valence-electron chi connectivity index (χ2n) is 5.00. The van der Waals surface area contributed by atoms with Gasteiger partial charge in [0, 0.05) is 29.8 Å². The fourth-order valence-corrected chi connectivity index (χ4v) is 3.00. The van der Waals surface area contributed by atoms with Gasteiger partial charge >= 0.3 is 0 Å². The average Bonchev–Trinajstić information content (AvgIpc) is 2.32. The Morgan fingerprint density at radius 3 is 2.94 bits per heavy atom. The van der Waals surface area contributed by atoms with E-state index in [9.17, 15) is 0 Å². The Kier molecular flexibility index (Phi) is 4.46. The summed E-state index contributed by atoms with van der Waals surface area (Å²) in [4.78, 5) is 2.50. The number of nitrogens with one attached hydrogen (secondary N) is 1. The van der Waals surface area contributed by atoms with Gasteiger partial charge in [0.25, 0.3) is 0 Å².